The Bertz CT molecular complexity index is 453. The van der Waals surface area contributed by atoms with Gasteiger partial charge in [-0.2, -0.15) is 5.10 Å². The summed E-state index contributed by atoms with van der Waals surface area (Å²) in [4.78, 5) is 0.0490. The SMILES string of the molecule is Cc1c(S(=O)(=O)Cl)c(Br)nn1C(C)C. The molecule has 0 aliphatic rings. The van der Waals surface area contributed by atoms with E-state index in [1.807, 2.05) is 13.8 Å². The van der Waals surface area contributed by atoms with Crippen LogP contribution >= 0.6 is 26.6 Å². The van der Waals surface area contributed by atoms with E-state index in [4.69, 9.17) is 10.7 Å². The molecule has 1 aromatic rings. The fourth-order valence-electron chi connectivity index (χ4n) is 1.25. The zero-order valence-electron chi connectivity index (χ0n) is 7.95. The van der Waals surface area contributed by atoms with Crippen LogP contribution in [-0.4, -0.2) is 18.2 Å². The molecular formula is C7H10BrClN2O2S. The van der Waals surface area contributed by atoms with Gasteiger partial charge in [0.2, 0.25) is 0 Å². The summed E-state index contributed by atoms with van der Waals surface area (Å²) in [7, 11) is 1.54. The molecule has 7 heteroatoms. The van der Waals surface area contributed by atoms with Crippen molar-refractivity contribution >= 4 is 35.7 Å². The summed E-state index contributed by atoms with van der Waals surface area (Å²) in [6.45, 7) is 5.50. The fourth-order valence-corrected chi connectivity index (χ4v) is 3.87. The highest BCUT2D eigenvalue weighted by Gasteiger charge is 2.24. The molecule has 0 unspecified atom stereocenters. The van der Waals surface area contributed by atoms with Crippen molar-refractivity contribution < 1.29 is 8.42 Å². The summed E-state index contributed by atoms with van der Waals surface area (Å²) in [6.07, 6.45) is 0. The van der Waals surface area contributed by atoms with Gasteiger partial charge in [0.05, 0.1) is 5.69 Å². The Hall–Kier alpha value is -0.0700. The van der Waals surface area contributed by atoms with E-state index in [2.05, 4.69) is 21.0 Å². The zero-order chi connectivity index (χ0) is 11.1. The fraction of sp³-hybridized carbons (Fsp3) is 0.571. The molecule has 0 aromatic carbocycles. The summed E-state index contributed by atoms with van der Waals surface area (Å²) in [5.41, 5.74) is 0.543. The van der Waals surface area contributed by atoms with E-state index in [-0.39, 0.29) is 15.5 Å². The van der Waals surface area contributed by atoms with Crippen LogP contribution in [0, 0.1) is 6.92 Å². The third-order valence-electron chi connectivity index (χ3n) is 1.79. The Balaban J connectivity index is 3.48. The van der Waals surface area contributed by atoms with Crippen LogP contribution in [0.5, 0.6) is 0 Å². The molecule has 1 aromatic heterocycles. The first-order chi connectivity index (χ1) is 6.25. The number of halogens is 2. The minimum Gasteiger partial charge on any atom is -0.265 e. The lowest BCUT2D eigenvalue weighted by atomic mass is 10.4. The Morgan fingerprint density at radius 2 is 2.00 bits per heavy atom. The molecule has 1 rings (SSSR count). The first kappa shape index (κ1) is 12.0. The van der Waals surface area contributed by atoms with Crippen molar-refractivity contribution in [3.63, 3.8) is 0 Å². The van der Waals surface area contributed by atoms with Gasteiger partial charge in [0.15, 0.2) is 0 Å². The smallest absolute Gasteiger partial charge is 0.265 e. The standard InChI is InChI=1S/C7H10BrClN2O2S/c1-4(2)11-5(3)6(7(8)10-11)14(9,12)13/h4H,1-3H3. The molecule has 0 spiro atoms. The quantitative estimate of drug-likeness (QED) is 0.789. The molecule has 0 radical (unpaired) electrons. The number of rotatable bonds is 2. The number of aromatic nitrogens is 2. The number of hydrogen-bond acceptors (Lipinski definition) is 3. The van der Waals surface area contributed by atoms with Crippen molar-refractivity contribution in [2.75, 3.05) is 0 Å². The second-order valence-electron chi connectivity index (χ2n) is 3.18. The minimum atomic E-state index is -3.73. The molecule has 14 heavy (non-hydrogen) atoms. The summed E-state index contributed by atoms with van der Waals surface area (Å²) in [5, 5.41) is 4.05. The van der Waals surface area contributed by atoms with Gasteiger partial charge < -0.3 is 0 Å². The highest BCUT2D eigenvalue weighted by molar-refractivity contribution is 9.10. The van der Waals surface area contributed by atoms with Crippen LogP contribution in [-0.2, 0) is 9.05 Å². The van der Waals surface area contributed by atoms with Gasteiger partial charge in [-0.15, -0.1) is 0 Å². The Morgan fingerprint density at radius 1 is 1.50 bits per heavy atom. The van der Waals surface area contributed by atoms with Crippen molar-refractivity contribution in [2.24, 2.45) is 0 Å². The van der Waals surface area contributed by atoms with Gasteiger partial charge in [0.25, 0.3) is 9.05 Å². The molecule has 0 bridgehead atoms. The van der Waals surface area contributed by atoms with Crippen LogP contribution < -0.4 is 0 Å². The average molecular weight is 302 g/mol. The van der Waals surface area contributed by atoms with Gasteiger partial charge in [-0.1, -0.05) is 0 Å². The van der Waals surface area contributed by atoms with Crippen LogP contribution in [0.15, 0.2) is 9.50 Å². The van der Waals surface area contributed by atoms with E-state index in [9.17, 15) is 8.42 Å². The van der Waals surface area contributed by atoms with Crippen LogP contribution in [0.2, 0.25) is 0 Å². The van der Waals surface area contributed by atoms with Crippen molar-refractivity contribution in [2.45, 2.75) is 31.7 Å². The first-order valence-electron chi connectivity index (χ1n) is 3.94. The first-order valence-corrected chi connectivity index (χ1v) is 7.04. The minimum absolute atomic E-state index is 0.0490. The summed E-state index contributed by atoms with van der Waals surface area (Å²) in [6, 6.07) is 0.0958. The molecule has 0 aliphatic carbocycles. The molecule has 0 atom stereocenters. The lowest BCUT2D eigenvalue weighted by molar-refractivity contribution is 0.515. The van der Waals surface area contributed by atoms with Crippen LogP contribution in [0.3, 0.4) is 0 Å². The lowest BCUT2D eigenvalue weighted by Crippen LogP contribution is -2.05. The van der Waals surface area contributed by atoms with Gasteiger partial charge in [-0.3, -0.25) is 4.68 Å². The van der Waals surface area contributed by atoms with Crippen LogP contribution in [0.1, 0.15) is 25.6 Å². The topological polar surface area (TPSA) is 52.0 Å². The van der Waals surface area contributed by atoms with E-state index >= 15 is 0 Å². The van der Waals surface area contributed by atoms with E-state index in [1.165, 1.54) is 0 Å². The predicted molar refractivity (Wildman–Crippen MR) is 58.1 cm³/mol. The van der Waals surface area contributed by atoms with E-state index in [0.717, 1.165) is 0 Å². The lowest BCUT2D eigenvalue weighted by Gasteiger charge is -2.07. The van der Waals surface area contributed by atoms with Crippen LogP contribution in [0.25, 0.3) is 0 Å². The zero-order valence-corrected chi connectivity index (χ0v) is 11.1. The van der Waals surface area contributed by atoms with Gasteiger partial charge in [0, 0.05) is 16.7 Å². The predicted octanol–water partition coefficient (Wildman–Crippen LogP) is 2.46. The average Bonchev–Trinajstić information content (AvgIpc) is 2.24. The van der Waals surface area contributed by atoms with E-state index in [1.54, 1.807) is 11.6 Å². The third-order valence-corrected chi connectivity index (χ3v) is 4.04. The summed E-state index contributed by atoms with van der Waals surface area (Å²) in [5.74, 6) is 0. The highest BCUT2D eigenvalue weighted by Crippen LogP contribution is 2.29. The Labute approximate surface area is 95.8 Å². The number of nitrogens with zero attached hydrogens (tertiary/aromatic N) is 2. The van der Waals surface area contributed by atoms with Crippen molar-refractivity contribution in [3.8, 4) is 0 Å². The molecule has 80 valence electrons. The van der Waals surface area contributed by atoms with Crippen molar-refractivity contribution in [1.29, 1.82) is 0 Å². The molecule has 0 amide bonds. The van der Waals surface area contributed by atoms with E-state index in [0.29, 0.717) is 5.69 Å². The highest BCUT2D eigenvalue weighted by atomic mass is 79.9. The summed E-state index contributed by atoms with van der Waals surface area (Å²) < 4.78 is 24.3. The molecule has 1 heterocycles. The van der Waals surface area contributed by atoms with Gasteiger partial charge in [-0.05, 0) is 36.7 Å². The van der Waals surface area contributed by atoms with Gasteiger partial charge >= 0.3 is 0 Å². The van der Waals surface area contributed by atoms with Gasteiger partial charge in [-0.25, -0.2) is 8.42 Å². The Kier molecular flexibility index (Phi) is 3.28. The summed E-state index contributed by atoms with van der Waals surface area (Å²) >= 11 is 3.08. The molecular weight excluding hydrogens is 292 g/mol. The van der Waals surface area contributed by atoms with Crippen LogP contribution in [0.4, 0.5) is 0 Å². The molecule has 0 fully saturated rings. The second-order valence-corrected chi connectivity index (χ2v) is 6.44. The normalized spacial score (nSPS) is 12.4. The maximum Gasteiger partial charge on any atom is 0.265 e. The van der Waals surface area contributed by atoms with E-state index < -0.39 is 9.05 Å². The third kappa shape index (κ3) is 2.12. The monoisotopic (exact) mass is 300 g/mol. The second kappa shape index (κ2) is 3.83. The maximum absolute atomic E-state index is 11.2. The molecule has 4 nitrogen and oxygen atoms in total. The largest absolute Gasteiger partial charge is 0.265 e. The molecule has 0 N–H and O–H groups in total. The Morgan fingerprint density at radius 3 is 2.21 bits per heavy atom. The molecule has 0 saturated heterocycles. The number of hydrogen-bond donors (Lipinski definition) is 0. The molecule has 0 saturated carbocycles. The van der Waals surface area contributed by atoms with Crippen molar-refractivity contribution in [3.05, 3.63) is 10.3 Å². The maximum atomic E-state index is 11.2. The molecule has 0 aliphatic heterocycles. The van der Waals surface area contributed by atoms with Crippen molar-refractivity contribution in [1.82, 2.24) is 9.78 Å². The van der Waals surface area contributed by atoms with Gasteiger partial charge in [0.1, 0.15) is 9.50 Å².